The van der Waals surface area contributed by atoms with E-state index in [0.29, 0.717) is 11.5 Å². The summed E-state index contributed by atoms with van der Waals surface area (Å²) in [5.41, 5.74) is 1.55. The SMILES string of the molecule is O=C1CSCc2c(O)cccc2N1. The predicted molar refractivity (Wildman–Crippen MR) is 52.9 cm³/mol. The Kier molecular flexibility index (Phi) is 2.14. The van der Waals surface area contributed by atoms with Crippen LogP contribution in [-0.2, 0) is 10.5 Å². The van der Waals surface area contributed by atoms with Gasteiger partial charge in [0.1, 0.15) is 5.75 Å². The maximum atomic E-state index is 11.1. The highest BCUT2D eigenvalue weighted by atomic mass is 32.2. The van der Waals surface area contributed by atoms with Gasteiger partial charge in [0.15, 0.2) is 0 Å². The van der Waals surface area contributed by atoms with Crippen LogP contribution in [0.1, 0.15) is 5.56 Å². The minimum atomic E-state index is -0.00523. The maximum Gasteiger partial charge on any atom is 0.234 e. The number of phenolic OH excluding ortho intramolecular Hbond substituents is 1. The number of aromatic hydroxyl groups is 1. The Bertz CT molecular complexity index is 351. The van der Waals surface area contributed by atoms with Crippen molar-refractivity contribution in [3.8, 4) is 5.75 Å². The molecule has 0 atom stereocenters. The number of carbonyl (C=O) groups excluding carboxylic acids is 1. The largest absolute Gasteiger partial charge is 0.508 e. The number of benzene rings is 1. The van der Waals surface area contributed by atoms with Crippen molar-refractivity contribution in [3.63, 3.8) is 0 Å². The lowest BCUT2D eigenvalue weighted by Crippen LogP contribution is -2.12. The number of amides is 1. The maximum absolute atomic E-state index is 11.1. The smallest absolute Gasteiger partial charge is 0.234 e. The minimum absolute atomic E-state index is 0.00523. The Labute approximate surface area is 80.1 Å². The van der Waals surface area contributed by atoms with Gasteiger partial charge in [0.25, 0.3) is 0 Å². The zero-order valence-electron chi connectivity index (χ0n) is 6.91. The number of rotatable bonds is 0. The fourth-order valence-electron chi connectivity index (χ4n) is 1.28. The third-order valence-corrected chi connectivity index (χ3v) is 2.86. The van der Waals surface area contributed by atoms with Crippen molar-refractivity contribution in [2.24, 2.45) is 0 Å². The van der Waals surface area contributed by atoms with Gasteiger partial charge in [-0.2, -0.15) is 0 Å². The van der Waals surface area contributed by atoms with E-state index < -0.39 is 0 Å². The molecule has 0 aliphatic carbocycles. The second-order valence-corrected chi connectivity index (χ2v) is 3.83. The van der Waals surface area contributed by atoms with E-state index in [1.807, 2.05) is 0 Å². The Morgan fingerprint density at radius 2 is 2.23 bits per heavy atom. The fourth-order valence-corrected chi connectivity index (χ4v) is 2.14. The van der Waals surface area contributed by atoms with Crippen molar-refractivity contribution < 1.29 is 9.90 Å². The average Bonchev–Trinajstić information content (AvgIpc) is 2.27. The third kappa shape index (κ3) is 1.62. The summed E-state index contributed by atoms with van der Waals surface area (Å²) >= 11 is 1.51. The summed E-state index contributed by atoms with van der Waals surface area (Å²) in [4.78, 5) is 11.1. The quantitative estimate of drug-likeness (QED) is 0.660. The number of fused-ring (bicyclic) bond motifs is 1. The first-order chi connectivity index (χ1) is 6.27. The lowest BCUT2D eigenvalue weighted by Gasteiger charge is -2.06. The standard InChI is InChI=1S/C9H9NO2S/c11-8-3-1-2-7-6(8)4-13-5-9(12)10-7/h1-3,11H,4-5H2,(H,10,12). The van der Waals surface area contributed by atoms with Gasteiger partial charge in [-0.05, 0) is 12.1 Å². The number of nitrogens with one attached hydrogen (secondary N) is 1. The third-order valence-electron chi connectivity index (χ3n) is 1.90. The van der Waals surface area contributed by atoms with E-state index in [1.54, 1.807) is 18.2 Å². The Hall–Kier alpha value is -1.16. The van der Waals surface area contributed by atoms with Gasteiger partial charge < -0.3 is 10.4 Å². The molecule has 2 N–H and O–H groups in total. The summed E-state index contributed by atoms with van der Waals surface area (Å²) in [6.45, 7) is 0. The molecule has 2 rings (SSSR count). The number of thioether (sulfide) groups is 1. The molecule has 0 bridgehead atoms. The zero-order valence-corrected chi connectivity index (χ0v) is 7.73. The molecular formula is C9H9NO2S. The summed E-state index contributed by atoms with van der Waals surface area (Å²) in [6.07, 6.45) is 0. The van der Waals surface area contributed by atoms with Crippen LogP contribution in [0.5, 0.6) is 5.75 Å². The van der Waals surface area contributed by atoms with Crippen LogP contribution in [0.3, 0.4) is 0 Å². The molecule has 4 heteroatoms. The molecule has 1 aromatic rings. The van der Waals surface area contributed by atoms with E-state index in [1.165, 1.54) is 11.8 Å². The minimum Gasteiger partial charge on any atom is -0.508 e. The molecule has 68 valence electrons. The van der Waals surface area contributed by atoms with Gasteiger partial charge in [-0.15, -0.1) is 11.8 Å². The zero-order chi connectivity index (χ0) is 9.26. The van der Waals surface area contributed by atoms with Crippen molar-refractivity contribution in [3.05, 3.63) is 23.8 Å². The summed E-state index contributed by atoms with van der Waals surface area (Å²) in [5, 5.41) is 12.2. The lowest BCUT2D eigenvalue weighted by molar-refractivity contribution is -0.113. The molecule has 13 heavy (non-hydrogen) atoms. The van der Waals surface area contributed by atoms with Gasteiger partial charge >= 0.3 is 0 Å². The molecule has 1 amide bonds. The number of anilines is 1. The van der Waals surface area contributed by atoms with E-state index in [2.05, 4.69) is 5.32 Å². The monoisotopic (exact) mass is 195 g/mol. The molecule has 0 saturated carbocycles. The van der Waals surface area contributed by atoms with Crippen molar-refractivity contribution >= 4 is 23.4 Å². The molecule has 0 radical (unpaired) electrons. The summed E-state index contributed by atoms with van der Waals surface area (Å²) in [6, 6.07) is 5.17. The van der Waals surface area contributed by atoms with Gasteiger partial charge in [0.2, 0.25) is 5.91 Å². The Balaban J connectivity index is 2.45. The van der Waals surface area contributed by atoms with Crippen molar-refractivity contribution in [1.82, 2.24) is 0 Å². The van der Waals surface area contributed by atoms with Gasteiger partial charge in [0, 0.05) is 17.0 Å². The molecule has 0 spiro atoms. The molecule has 3 nitrogen and oxygen atoms in total. The van der Waals surface area contributed by atoms with E-state index >= 15 is 0 Å². The number of hydrogen-bond donors (Lipinski definition) is 2. The number of hydrogen-bond acceptors (Lipinski definition) is 3. The number of carbonyl (C=O) groups is 1. The van der Waals surface area contributed by atoms with E-state index in [4.69, 9.17) is 0 Å². The van der Waals surface area contributed by atoms with Crippen molar-refractivity contribution in [2.75, 3.05) is 11.1 Å². The van der Waals surface area contributed by atoms with Crippen LogP contribution < -0.4 is 5.32 Å². The molecule has 1 aliphatic heterocycles. The van der Waals surface area contributed by atoms with Crippen LogP contribution in [0.4, 0.5) is 5.69 Å². The second-order valence-electron chi connectivity index (χ2n) is 2.84. The molecule has 0 unspecified atom stereocenters. The highest BCUT2D eigenvalue weighted by Crippen LogP contribution is 2.31. The summed E-state index contributed by atoms with van der Waals surface area (Å²) in [7, 11) is 0. The Morgan fingerprint density at radius 3 is 3.08 bits per heavy atom. The number of phenols is 1. The molecule has 0 aromatic heterocycles. The summed E-state index contributed by atoms with van der Waals surface area (Å²) in [5.74, 6) is 1.39. The van der Waals surface area contributed by atoms with Gasteiger partial charge in [-0.1, -0.05) is 6.07 Å². The van der Waals surface area contributed by atoms with Crippen LogP contribution >= 0.6 is 11.8 Å². The van der Waals surface area contributed by atoms with E-state index in [0.717, 1.165) is 11.3 Å². The fraction of sp³-hybridized carbons (Fsp3) is 0.222. The molecule has 1 aromatic carbocycles. The van der Waals surface area contributed by atoms with Crippen molar-refractivity contribution in [2.45, 2.75) is 5.75 Å². The molecule has 1 aliphatic rings. The molecule has 1 heterocycles. The van der Waals surface area contributed by atoms with Crippen LogP contribution in [0.2, 0.25) is 0 Å². The van der Waals surface area contributed by atoms with Crippen molar-refractivity contribution in [1.29, 1.82) is 0 Å². The van der Waals surface area contributed by atoms with Crippen LogP contribution in [-0.4, -0.2) is 16.8 Å². The lowest BCUT2D eigenvalue weighted by atomic mass is 10.2. The first kappa shape index (κ1) is 8.44. The Morgan fingerprint density at radius 1 is 1.38 bits per heavy atom. The molecule has 0 fully saturated rings. The van der Waals surface area contributed by atoms with Crippen LogP contribution in [0.25, 0.3) is 0 Å². The first-order valence-corrected chi connectivity index (χ1v) is 5.11. The van der Waals surface area contributed by atoms with Crippen LogP contribution in [0.15, 0.2) is 18.2 Å². The average molecular weight is 195 g/mol. The molecular weight excluding hydrogens is 186 g/mol. The van der Waals surface area contributed by atoms with Gasteiger partial charge in [-0.25, -0.2) is 0 Å². The van der Waals surface area contributed by atoms with E-state index in [-0.39, 0.29) is 11.7 Å². The second kappa shape index (κ2) is 3.30. The van der Waals surface area contributed by atoms with Gasteiger partial charge in [-0.3, -0.25) is 4.79 Å². The normalized spacial score (nSPS) is 15.8. The predicted octanol–water partition coefficient (Wildman–Crippen LogP) is 1.58. The van der Waals surface area contributed by atoms with Gasteiger partial charge in [0.05, 0.1) is 5.75 Å². The topological polar surface area (TPSA) is 49.3 Å². The van der Waals surface area contributed by atoms with Crippen LogP contribution in [0, 0.1) is 0 Å². The van der Waals surface area contributed by atoms with E-state index in [9.17, 15) is 9.90 Å². The summed E-state index contributed by atoms with van der Waals surface area (Å²) < 4.78 is 0. The highest BCUT2D eigenvalue weighted by molar-refractivity contribution is 7.99. The molecule has 0 saturated heterocycles. The first-order valence-electron chi connectivity index (χ1n) is 3.96. The highest BCUT2D eigenvalue weighted by Gasteiger charge is 2.14.